The van der Waals surface area contributed by atoms with Gasteiger partial charge in [-0.05, 0) is 12.1 Å². The van der Waals surface area contributed by atoms with Gasteiger partial charge in [0.15, 0.2) is 0 Å². The molecule has 8 nitrogen and oxygen atoms in total. The Morgan fingerprint density at radius 1 is 1.30 bits per heavy atom. The third-order valence-corrected chi connectivity index (χ3v) is 3.48. The van der Waals surface area contributed by atoms with Crippen LogP contribution in [0.15, 0.2) is 47.8 Å². The van der Waals surface area contributed by atoms with Gasteiger partial charge in [-0.25, -0.2) is 0 Å². The zero-order valence-electron chi connectivity index (χ0n) is 12.5. The SMILES string of the molecule is Cn1cc(NC(=O)C2=NN(c3ccccc3)C(C(N)=O)C2)cn1. The number of rotatable bonds is 4. The van der Waals surface area contributed by atoms with Crippen LogP contribution in [-0.2, 0) is 16.6 Å². The minimum absolute atomic E-state index is 0.163. The molecule has 1 aromatic heterocycles. The van der Waals surface area contributed by atoms with Gasteiger partial charge >= 0.3 is 0 Å². The maximum absolute atomic E-state index is 12.3. The number of nitrogens with one attached hydrogen (secondary N) is 1. The Balaban J connectivity index is 1.82. The van der Waals surface area contributed by atoms with Crippen molar-refractivity contribution in [3.63, 3.8) is 0 Å². The standard InChI is InChI=1S/C15H16N6O2/c1-20-9-10(8-17-20)18-15(23)12-7-13(14(16)22)21(19-12)11-5-3-2-4-6-11/h2-6,8-9,13H,7H2,1H3,(H2,16,22)(H,18,23). The molecule has 118 valence electrons. The molecule has 3 N–H and O–H groups in total. The number of aryl methyl sites for hydroxylation is 1. The van der Waals surface area contributed by atoms with E-state index in [4.69, 9.17) is 5.73 Å². The molecule has 1 aliphatic heterocycles. The minimum Gasteiger partial charge on any atom is -0.368 e. The summed E-state index contributed by atoms with van der Waals surface area (Å²) >= 11 is 0. The summed E-state index contributed by atoms with van der Waals surface area (Å²) in [5.41, 5.74) is 6.97. The molecule has 8 heteroatoms. The normalized spacial score (nSPS) is 17.0. The highest BCUT2D eigenvalue weighted by Gasteiger charge is 2.34. The second kappa shape index (κ2) is 5.91. The Morgan fingerprint density at radius 2 is 2.04 bits per heavy atom. The van der Waals surface area contributed by atoms with Gasteiger partial charge in [0, 0.05) is 19.7 Å². The molecule has 1 unspecified atom stereocenters. The molecule has 2 amide bonds. The highest BCUT2D eigenvalue weighted by Crippen LogP contribution is 2.24. The maximum atomic E-state index is 12.3. The molecule has 2 heterocycles. The average Bonchev–Trinajstić information content (AvgIpc) is 3.15. The number of hydrogen-bond acceptors (Lipinski definition) is 5. The van der Waals surface area contributed by atoms with Gasteiger partial charge in [0.05, 0.1) is 17.6 Å². The lowest BCUT2D eigenvalue weighted by molar-refractivity contribution is -0.119. The van der Waals surface area contributed by atoms with Gasteiger partial charge < -0.3 is 11.1 Å². The molecular formula is C15H16N6O2. The van der Waals surface area contributed by atoms with Gasteiger partial charge in [-0.2, -0.15) is 10.2 Å². The summed E-state index contributed by atoms with van der Waals surface area (Å²) in [6, 6.07) is 8.46. The summed E-state index contributed by atoms with van der Waals surface area (Å²) in [5.74, 6) is -0.899. The van der Waals surface area contributed by atoms with Crippen molar-refractivity contribution in [3.05, 3.63) is 42.7 Å². The van der Waals surface area contributed by atoms with E-state index in [0.29, 0.717) is 11.4 Å². The number of para-hydroxylation sites is 1. The van der Waals surface area contributed by atoms with Crippen molar-refractivity contribution in [2.24, 2.45) is 17.9 Å². The smallest absolute Gasteiger partial charge is 0.272 e. The summed E-state index contributed by atoms with van der Waals surface area (Å²) in [6.07, 6.45) is 3.37. The Bertz CT molecular complexity index is 767. The fourth-order valence-corrected chi connectivity index (χ4v) is 2.38. The van der Waals surface area contributed by atoms with E-state index in [1.165, 1.54) is 11.2 Å². The first kappa shape index (κ1) is 14.8. The molecule has 3 rings (SSSR count). The molecule has 0 bridgehead atoms. The number of nitrogens with zero attached hydrogens (tertiary/aromatic N) is 4. The second-order valence-electron chi connectivity index (χ2n) is 5.21. The first-order chi connectivity index (χ1) is 11.0. The fraction of sp³-hybridized carbons (Fsp3) is 0.200. The van der Waals surface area contributed by atoms with E-state index >= 15 is 0 Å². The third-order valence-electron chi connectivity index (χ3n) is 3.48. The van der Waals surface area contributed by atoms with Crippen LogP contribution in [0.5, 0.6) is 0 Å². The molecule has 1 aliphatic rings. The number of benzene rings is 1. The predicted molar refractivity (Wildman–Crippen MR) is 85.8 cm³/mol. The van der Waals surface area contributed by atoms with Crippen LogP contribution in [-0.4, -0.2) is 33.3 Å². The zero-order valence-corrected chi connectivity index (χ0v) is 12.5. The highest BCUT2D eigenvalue weighted by atomic mass is 16.2. The predicted octanol–water partition coefficient (Wildman–Crippen LogP) is 0.479. The van der Waals surface area contributed by atoms with Crippen molar-refractivity contribution >= 4 is 28.9 Å². The van der Waals surface area contributed by atoms with Gasteiger partial charge in [-0.15, -0.1) is 0 Å². The Hall–Kier alpha value is -3.16. The number of carbonyl (C=O) groups is 2. The lowest BCUT2D eigenvalue weighted by Crippen LogP contribution is -2.39. The molecule has 0 radical (unpaired) electrons. The molecule has 0 saturated carbocycles. The number of carbonyl (C=O) groups excluding carboxylic acids is 2. The molecule has 0 aliphatic carbocycles. The van der Waals surface area contributed by atoms with Gasteiger partial charge in [-0.1, -0.05) is 18.2 Å². The summed E-state index contributed by atoms with van der Waals surface area (Å²) in [6.45, 7) is 0. The number of anilines is 2. The number of aromatic nitrogens is 2. The van der Waals surface area contributed by atoms with E-state index in [1.807, 2.05) is 18.2 Å². The molecule has 2 aromatic rings. The molecule has 1 aromatic carbocycles. The van der Waals surface area contributed by atoms with Crippen LogP contribution >= 0.6 is 0 Å². The quantitative estimate of drug-likeness (QED) is 0.856. The minimum atomic E-state index is -0.674. The van der Waals surface area contributed by atoms with Crippen molar-refractivity contribution in [1.29, 1.82) is 0 Å². The van der Waals surface area contributed by atoms with E-state index < -0.39 is 11.9 Å². The Kier molecular flexibility index (Phi) is 3.80. The fourth-order valence-electron chi connectivity index (χ4n) is 2.38. The maximum Gasteiger partial charge on any atom is 0.272 e. The molecule has 0 fully saturated rings. The lowest BCUT2D eigenvalue weighted by Gasteiger charge is -2.20. The van der Waals surface area contributed by atoms with Crippen LogP contribution in [0.25, 0.3) is 0 Å². The van der Waals surface area contributed by atoms with Crippen molar-refractivity contribution in [2.75, 3.05) is 10.3 Å². The number of amides is 2. The van der Waals surface area contributed by atoms with Crippen LogP contribution in [0.1, 0.15) is 6.42 Å². The molecule has 23 heavy (non-hydrogen) atoms. The second-order valence-corrected chi connectivity index (χ2v) is 5.21. The van der Waals surface area contributed by atoms with Gasteiger partial charge in [0.1, 0.15) is 11.8 Å². The largest absolute Gasteiger partial charge is 0.368 e. The third kappa shape index (κ3) is 3.05. The summed E-state index contributed by atoms with van der Waals surface area (Å²) < 4.78 is 1.58. The Morgan fingerprint density at radius 3 is 2.65 bits per heavy atom. The lowest BCUT2D eigenvalue weighted by atomic mass is 10.1. The van der Waals surface area contributed by atoms with E-state index in [2.05, 4.69) is 15.5 Å². The number of primary amides is 1. The summed E-state index contributed by atoms with van der Waals surface area (Å²) in [7, 11) is 1.75. The highest BCUT2D eigenvalue weighted by molar-refractivity contribution is 6.44. The number of hydrogen-bond donors (Lipinski definition) is 2. The topological polar surface area (TPSA) is 106 Å². The molecular weight excluding hydrogens is 296 g/mol. The van der Waals surface area contributed by atoms with Crippen molar-refractivity contribution in [3.8, 4) is 0 Å². The van der Waals surface area contributed by atoms with Gasteiger partial charge in [-0.3, -0.25) is 19.3 Å². The van der Waals surface area contributed by atoms with Crippen LogP contribution in [0.3, 0.4) is 0 Å². The number of nitrogens with two attached hydrogens (primary N) is 1. The van der Waals surface area contributed by atoms with Crippen LogP contribution in [0.4, 0.5) is 11.4 Å². The molecule has 0 spiro atoms. The van der Waals surface area contributed by atoms with Gasteiger partial charge in [0.2, 0.25) is 5.91 Å². The van der Waals surface area contributed by atoms with Crippen LogP contribution < -0.4 is 16.1 Å². The van der Waals surface area contributed by atoms with Crippen LogP contribution in [0.2, 0.25) is 0 Å². The number of hydrazone groups is 1. The summed E-state index contributed by atoms with van der Waals surface area (Å²) in [4.78, 5) is 24.0. The summed E-state index contributed by atoms with van der Waals surface area (Å²) in [5, 5.41) is 12.4. The molecule has 1 atom stereocenters. The van der Waals surface area contributed by atoms with E-state index in [0.717, 1.165) is 0 Å². The van der Waals surface area contributed by atoms with Gasteiger partial charge in [0.25, 0.3) is 5.91 Å². The zero-order chi connectivity index (χ0) is 16.4. The van der Waals surface area contributed by atoms with E-state index in [9.17, 15) is 9.59 Å². The van der Waals surface area contributed by atoms with Crippen LogP contribution in [0, 0.1) is 0 Å². The monoisotopic (exact) mass is 312 g/mol. The Labute approximate surface area is 132 Å². The van der Waals surface area contributed by atoms with E-state index in [-0.39, 0.29) is 18.0 Å². The van der Waals surface area contributed by atoms with Crippen molar-refractivity contribution < 1.29 is 9.59 Å². The molecule has 0 saturated heterocycles. The first-order valence-electron chi connectivity index (χ1n) is 7.05. The van der Waals surface area contributed by atoms with E-state index in [1.54, 1.807) is 30.1 Å². The van der Waals surface area contributed by atoms with Crippen molar-refractivity contribution in [2.45, 2.75) is 12.5 Å². The van der Waals surface area contributed by atoms with Crippen molar-refractivity contribution in [1.82, 2.24) is 9.78 Å². The first-order valence-corrected chi connectivity index (χ1v) is 7.05. The average molecular weight is 312 g/mol.